The Morgan fingerprint density at radius 2 is 1.90 bits per heavy atom. The zero-order chi connectivity index (χ0) is 36.3. The molecule has 6 atom stereocenters. The molecule has 3 N–H and O–H groups in total. The van der Waals surface area contributed by atoms with Crippen LogP contribution in [-0.4, -0.2) is 49.4 Å². The zero-order valence-corrected chi connectivity index (χ0v) is 29.6. The first kappa shape index (κ1) is 33.1. The Hall–Kier alpha value is -5.07. The van der Waals surface area contributed by atoms with Gasteiger partial charge in [0.2, 0.25) is 23.6 Å². The third-order valence-corrected chi connectivity index (χ3v) is 13.1. The molecule has 2 saturated heterocycles. The molecule has 6 unspecified atom stereocenters. The largest absolute Gasteiger partial charge is 0.507 e. The number of hydrogen-bond donors (Lipinski definition) is 2. The maximum absolute atomic E-state index is 15.0. The highest BCUT2D eigenvalue weighted by atomic mass is 35.5. The number of imide groups is 4. The molecule has 3 fully saturated rings. The van der Waals surface area contributed by atoms with Crippen molar-refractivity contribution < 1.29 is 29.1 Å². The Morgan fingerprint density at radius 3 is 2.63 bits per heavy atom. The number of thiophene rings is 1. The van der Waals surface area contributed by atoms with Crippen molar-refractivity contribution in [2.24, 2.45) is 41.9 Å². The number of carbonyl (C=O) groups excluding carboxylic acids is 5. The van der Waals surface area contributed by atoms with Gasteiger partial charge in [0.25, 0.3) is 0 Å². The number of fused-ring (bicyclic) bond motifs is 5. The molecule has 1 saturated carbocycles. The van der Waals surface area contributed by atoms with E-state index in [-0.39, 0.29) is 24.4 Å². The van der Waals surface area contributed by atoms with E-state index in [1.807, 2.05) is 31.2 Å². The van der Waals surface area contributed by atoms with Gasteiger partial charge in [0.15, 0.2) is 0 Å². The van der Waals surface area contributed by atoms with E-state index in [0.29, 0.717) is 38.7 Å². The molecule has 2 aliphatic heterocycles. The molecular weight excluding hydrogens is 690 g/mol. The molecule has 2 aromatic carbocycles. The molecule has 0 spiro atoms. The third kappa shape index (κ3) is 4.48. The van der Waals surface area contributed by atoms with Gasteiger partial charge >= 0.3 is 6.03 Å². The van der Waals surface area contributed by atoms with Crippen LogP contribution in [0.1, 0.15) is 42.4 Å². The molecule has 2 aliphatic carbocycles. The van der Waals surface area contributed by atoms with Crippen LogP contribution < -0.4 is 10.6 Å². The number of aromatic hydroxyl groups is 1. The number of halogens is 1. The Kier molecular flexibility index (Phi) is 7.45. The second-order valence-corrected chi connectivity index (χ2v) is 15.6. The Bertz CT molecular complexity index is 2310. The van der Waals surface area contributed by atoms with Crippen LogP contribution in [-0.2, 0) is 32.6 Å². The molecule has 11 nitrogen and oxygen atoms in total. The lowest BCUT2D eigenvalue weighted by molar-refractivity contribution is -0.136. The van der Waals surface area contributed by atoms with E-state index in [2.05, 4.69) is 6.58 Å². The lowest BCUT2D eigenvalue weighted by Gasteiger charge is -2.49. The van der Waals surface area contributed by atoms with Crippen molar-refractivity contribution in [3.8, 4) is 16.3 Å². The second-order valence-electron chi connectivity index (χ2n) is 14.1. The van der Waals surface area contributed by atoms with Gasteiger partial charge in [-0.15, -0.1) is 17.9 Å². The number of urea groups is 1. The molecule has 0 radical (unpaired) electrons. The Balaban J connectivity index is 1.27. The highest BCUT2D eigenvalue weighted by molar-refractivity contribution is 7.22. The van der Waals surface area contributed by atoms with E-state index >= 15 is 4.79 Å². The second kappa shape index (κ2) is 11.5. The summed E-state index contributed by atoms with van der Waals surface area (Å²) < 4.78 is 2.54. The summed E-state index contributed by atoms with van der Waals surface area (Å²) in [6, 6.07) is 11.6. The molecular formula is C38H34ClN5O6S. The molecule has 0 bridgehead atoms. The number of phenols is 1. The summed E-state index contributed by atoms with van der Waals surface area (Å²) in [7, 11) is 1.68. The third-order valence-electron chi connectivity index (χ3n) is 11.5. The van der Waals surface area contributed by atoms with Crippen molar-refractivity contribution in [2.75, 3.05) is 4.90 Å². The number of nitrogens with zero attached hydrogens (tertiary/aromatic N) is 4. The number of primary amides is 1. The van der Waals surface area contributed by atoms with E-state index in [0.717, 1.165) is 20.5 Å². The highest BCUT2D eigenvalue weighted by Gasteiger charge is 2.68. The standard InChI is InChI=1S/C38H34ClN5O6S/c1-5-7-18-8-6-9-22(31(18)45)30-20-11-12-21-29(35(48)44(33(21)46)37(40)50)24(20)15-25-34(47)43(36(49)38(25,30)3)28-16-26(41-42(28)4)32-17(2)23-14-19(39)10-13-27(23)51-32/h5-6,8-11,13-14,16,21,24-25,29-30,45H,1,7,12,15H2,2-4H3,(H2,40,50). The fourth-order valence-corrected chi connectivity index (χ4v) is 10.5. The van der Waals surface area contributed by atoms with E-state index in [1.54, 1.807) is 44.3 Å². The molecule has 8 rings (SSSR count). The Labute approximate surface area is 302 Å². The van der Waals surface area contributed by atoms with E-state index < -0.39 is 64.7 Å². The average Bonchev–Trinajstić information content (AvgIpc) is 3.76. The minimum Gasteiger partial charge on any atom is -0.507 e. The number of carbonyl (C=O) groups is 5. The van der Waals surface area contributed by atoms with Gasteiger partial charge in [0, 0.05) is 34.3 Å². The summed E-state index contributed by atoms with van der Waals surface area (Å²) >= 11 is 7.83. The summed E-state index contributed by atoms with van der Waals surface area (Å²) in [6.07, 6.45) is 4.11. The number of phenolic OH excluding ortho intramolecular Hbond substituents is 1. The van der Waals surface area contributed by atoms with Crippen molar-refractivity contribution >= 4 is 68.5 Å². The number of likely N-dealkylation sites (tertiary alicyclic amines) is 1. The van der Waals surface area contributed by atoms with E-state index in [9.17, 15) is 24.3 Å². The number of aryl methyl sites for hydroxylation is 2. The maximum atomic E-state index is 15.0. The highest BCUT2D eigenvalue weighted by Crippen LogP contribution is 2.64. The van der Waals surface area contributed by atoms with Crippen molar-refractivity contribution in [3.05, 3.63) is 88.5 Å². The number of hydrogen-bond acceptors (Lipinski definition) is 8. The number of para-hydroxylation sites is 1. The summed E-state index contributed by atoms with van der Waals surface area (Å²) in [4.78, 5) is 71.6. The van der Waals surface area contributed by atoms with Gasteiger partial charge in [-0.2, -0.15) is 10.00 Å². The minimum atomic E-state index is -1.39. The zero-order valence-electron chi connectivity index (χ0n) is 28.1. The molecule has 2 aromatic heterocycles. The van der Waals surface area contributed by atoms with E-state index in [4.69, 9.17) is 22.4 Å². The van der Waals surface area contributed by atoms with Gasteiger partial charge in [-0.25, -0.2) is 9.69 Å². The SMILES string of the molecule is C=CCc1cccc(C2C3=CCC4C(=O)N(C(N)=O)C(=O)C4C3CC3C(=O)N(c4cc(-c5sc6ccc(Cl)cc6c5C)nn4C)C(=O)C32C)c1O. The predicted molar refractivity (Wildman–Crippen MR) is 192 cm³/mol. The first-order valence-corrected chi connectivity index (χ1v) is 17.9. The van der Waals surface area contributed by atoms with Crippen molar-refractivity contribution in [2.45, 2.75) is 39.0 Å². The number of anilines is 1. The van der Waals surface area contributed by atoms with Crippen LogP contribution in [0.25, 0.3) is 20.7 Å². The summed E-state index contributed by atoms with van der Waals surface area (Å²) in [5.41, 5.74) is 7.37. The number of allylic oxidation sites excluding steroid dienone is 3. The quantitative estimate of drug-likeness (QED) is 0.189. The summed E-state index contributed by atoms with van der Waals surface area (Å²) in [5, 5.41) is 18.1. The average molecular weight is 724 g/mol. The number of rotatable bonds is 5. The van der Waals surface area contributed by atoms with Crippen molar-refractivity contribution in [3.63, 3.8) is 0 Å². The van der Waals surface area contributed by atoms with Gasteiger partial charge in [0.05, 0.1) is 28.0 Å². The van der Waals surface area contributed by atoms with Crippen molar-refractivity contribution in [1.29, 1.82) is 0 Å². The first-order chi connectivity index (χ1) is 24.3. The molecule has 51 heavy (non-hydrogen) atoms. The van der Waals surface area contributed by atoms with Crippen LogP contribution in [0.4, 0.5) is 10.6 Å². The first-order valence-electron chi connectivity index (χ1n) is 16.7. The fourth-order valence-electron chi connectivity index (χ4n) is 9.17. The fraction of sp³-hybridized carbons (Fsp3) is 0.316. The molecule has 260 valence electrons. The number of nitrogens with two attached hydrogens (primary N) is 1. The number of amides is 6. The molecule has 6 amide bonds. The van der Waals surface area contributed by atoms with Crippen LogP contribution in [0.15, 0.2) is 66.8 Å². The smallest absolute Gasteiger partial charge is 0.328 e. The van der Waals surface area contributed by atoms with Gasteiger partial charge < -0.3 is 10.8 Å². The number of aromatic nitrogens is 2. The Morgan fingerprint density at radius 1 is 1.14 bits per heavy atom. The normalized spacial score (nSPS) is 27.1. The van der Waals surface area contributed by atoms with Gasteiger partial charge in [-0.3, -0.25) is 23.9 Å². The lowest BCUT2D eigenvalue weighted by Crippen LogP contribution is -2.49. The summed E-state index contributed by atoms with van der Waals surface area (Å²) in [6.45, 7) is 7.54. The van der Waals surface area contributed by atoms with Crippen LogP contribution in [0.3, 0.4) is 0 Å². The van der Waals surface area contributed by atoms with Crippen LogP contribution in [0.2, 0.25) is 5.02 Å². The van der Waals surface area contributed by atoms with Gasteiger partial charge in [-0.1, -0.05) is 47.5 Å². The van der Waals surface area contributed by atoms with Crippen LogP contribution >= 0.6 is 22.9 Å². The maximum Gasteiger partial charge on any atom is 0.328 e. The van der Waals surface area contributed by atoms with Gasteiger partial charge in [0.1, 0.15) is 17.3 Å². The predicted octanol–water partition coefficient (Wildman–Crippen LogP) is 6.01. The van der Waals surface area contributed by atoms with E-state index in [1.165, 1.54) is 20.9 Å². The topological polar surface area (TPSA) is 156 Å². The molecule has 4 heterocycles. The summed E-state index contributed by atoms with van der Waals surface area (Å²) in [5.74, 6) is -6.23. The minimum absolute atomic E-state index is 0.0273. The molecule has 13 heteroatoms. The monoisotopic (exact) mass is 723 g/mol. The lowest BCUT2D eigenvalue weighted by atomic mass is 9.51. The van der Waals surface area contributed by atoms with Gasteiger partial charge in [-0.05, 0) is 73.7 Å². The van der Waals surface area contributed by atoms with Crippen LogP contribution in [0, 0.1) is 36.0 Å². The number of benzene rings is 2. The van der Waals surface area contributed by atoms with Crippen molar-refractivity contribution in [1.82, 2.24) is 14.7 Å². The van der Waals surface area contributed by atoms with Crippen LogP contribution in [0.5, 0.6) is 5.75 Å². The molecule has 4 aromatic rings. The molecule has 4 aliphatic rings.